The van der Waals surface area contributed by atoms with Gasteiger partial charge in [-0.1, -0.05) is 12.0 Å². The van der Waals surface area contributed by atoms with Crippen LogP contribution in [-0.2, 0) is 11.3 Å². The van der Waals surface area contributed by atoms with Crippen LogP contribution in [0, 0.1) is 17.8 Å². The molecule has 9 nitrogen and oxygen atoms in total. The number of carbonyl (C=O) groups is 1. The largest absolute Gasteiger partial charge is 0.495 e. The van der Waals surface area contributed by atoms with Crippen LogP contribution in [0.1, 0.15) is 22.5 Å². The Balaban J connectivity index is 1.49. The summed E-state index contributed by atoms with van der Waals surface area (Å²) >= 11 is 0. The molecule has 0 saturated carbocycles. The predicted octanol–water partition coefficient (Wildman–Crippen LogP) is 4.45. The minimum Gasteiger partial charge on any atom is -0.495 e. The van der Waals surface area contributed by atoms with E-state index in [0.29, 0.717) is 54.1 Å². The first-order chi connectivity index (χ1) is 21.0. The fraction of sp³-hybridized carbons (Fsp3) is 0.452. The van der Waals surface area contributed by atoms with Crippen LogP contribution in [0.3, 0.4) is 0 Å². The van der Waals surface area contributed by atoms with E-state index in [1.165, 1.54) is 32.4 Å². The van der Waals surface area contributed by atoms with Crippen LogP contribution in [0.5, 0.6) is 5.75 Å². The molecule has 1 aliphatic heterocycles. The van der Waals surface area contributed by atoms with Gasteiger partial charge in [-0.2, -0.15) is 13.2 Å². The number of aliphatic hydroxyl groups is 1. The highest BCUT2D eigenvalue weighted by Crippen LogP contribution is 2.31. The second kappa shape index (κ2) is 14.7. The van der Waals surface area contributed by atoms with Crippen molar-refractivity contribution in [3.05, 3.63) is 53.7 Å². The summed E-state index contributed by atoms with van der Waals surface area (Å²) in [4.78, 5) is 13.1. The van der Waals surface area contributed by atoms with Crippen LogP contribution in [0.25, 0.3) is 10.9 Å². The molecule has 4 rings (SSSR count). The molecule has 2 aromatic carbocycles. The van der Waals surface area contributed by atoms with Gasteiger partial charge in [0.1, 0.15) is 18.5 Å². The van der Waals surface area contributed by atoms with E-state index < -0.39 is 31.0 Å². The number of fused-ring (bicyclic) bond motifs is 1. The molecule has 1 unspecified atom stereocenters. The fourth-order valence-electron chi connectivity index (χ4n) is 5.33. The number of piperidine rings is 1. The Morgan fingerprint density at radius 2 is 1.95 bits per heavy atom. The van der Waals surface area contributed by atoms with E-state index in [1.807, 2.05) is 4.90 Å². The first kappa shape index (κ1) is 32.9. The highest BCUT2D eigenvalue weighted by Gasteiger charge is 2.31. The topological polar surface area (TPSA) is 108 Å². The average molecular weight is 621 g/mol. The van der Waals surface area contributed by atoms with Gasteiger partial charge in [0.15, 0.2) is 0 Å². The Morgan fingerprint density at radius 3 is 2.64 bits per heavy atom. The Morgan fingerprint density at radius 1 is 1.16 bits per heavy atom. The van der Waals surface area contributed by atoms with Crippen LogP contribution in [0.2, 0.25) is 0 Å². The number of methoxy groups -OCH3 is 2. The molecule has 4 N–H and O–H groups in total. The number of nitrogens with one attached hydrogen (secondary N) is 2. The second-order valence-corrected chi connectivity index (χ2v) is 10.7. The van der Waals surface area contributed by atoms with Crippen molar-refractivity contribution in [2.24, 2.45) is 5.92 Å². The van der Waals surface area contributed by atoms with E-state index in [0.717, 1.165) is 4.57 Å². The van der Waals surface area contributed by atoms with Crippen LogP contribution in [0.4, 0.5) is 28.9 Å². The molecule has 3 atom stereocenters. The Labute approximate surface area is 252 Å². The quantitative estimate of drug-likeness (QED) is 0.174. The summed E-state index contributed by atoms with van der Waals surface area (Å²) in [5.74, 6) is 4.55. The van der Waals surface area contributed by atoms with Crippen LogP contribution in [0.15, 0.2) is 42.5 Å². The van der Waals surface area contributed by atoms with Crippen molar-refractivity contribution in [1.29, 1.82) is 0 Å². The SMILES string of the molecule is COC[C@H](O)CN1CCC(CNc2cccc3c2cc(C#CCNc2ccc(C(=O)O)cc2OC)n3CC(F)(F)F)[C@@H](F)C1. The zero-order valence-electron chi connectivity index (χ0n) is 24.5. The molecular weight excluding hydrogens is 584 g/mol. The number of ether oxygens (including phenoxy) is 2. The molecule has 1 fully saturated rings. The normalized spacial score (nSPS) is 18.0. The highest BCUT2D eigenvalue weighted by molar-refractivity contribution is 5.94. The van der Waals surface area contributed by atoms with E-state index >= 15 is 4.39 Å². The van der Waals surface area contributed by atoms with Gasteiger partial charge in [-0.25, -0.2) is 9.18 Å². The molecule has 0 spiro atoms. The highest BCUT2D eigenvalue weighted by atomic mass is 19.4. The van der Waals surface area contributed by atoms with Crippen LogP contribution in [-0.4, -0.2) is 97.7 Å². The number of halogens is 4. The lowest BCUT2D eigenvalue weighted by atomic mass is 9.94. The van der Waals surface area contributed by atoms with Gasteiger partial charge in [0.2, 0.25) is 0 Å². The molecule has 1 aromatic heterocycles. The predicted molar refractivity (Wildman–Crippen MR) is 159 cm³/mol. The van der Waals surface area contributed by atoms with Gasteiger partial charge in [-0.3, -0.25) is 4.90 Å². The zero-order chi connectivity index (χ0) is 31.9. The number of nitrogens with zero attached hydrogens (tertiary/aromatic N) is 2. The van der Waals surface area contributed by atoms with E-state index in [2.05, 4.69) is 22.5 Å². The van der Waals surface area contributed by atoms with Crippen LogP contribution >= 0.6 is 0 Å². The lowest BCUT2D eigenvalue weighted by Gasteiger charge is -2.35. The minimum atomic E-state index is -4.49. The first-order valence-corrected chi connectivity index (χ1v) is 14.1. The van der Waals surface area contributed by atoms with Crippen molar-refractivity contribution in [3.63, 3.8) is 0 Å². The van der Waals surface area contributed by atoms with Gasteiger partial charge < -0.3 is 34.9 Å². The number of aliphatic hydroxyl groups excluding tert-OH is 1. The number of aromatic carboxylic acids is 1. The van der Waals surface area contributed by atoms with Crippen molar-refractivity contribution in [2.75, 3.05) is 64.2 Å². The third-order valence-corrected chi connectivity index (χ3v) is 7.46. The Bertz CT molecular complexity index is 1500. The number of hydrogen-bond acceptors (Lipinski definition) is 7. The summed E-state index contributed by atoms with van der Waals surface area (Å²) < 4.78 is 67.0. The van der Waals surface area contributed by atoms with Crippen molar-refractivity contribution in [3.8, 4) is 17.6 Å². The summed E-state index contributed by atoms with van der Waals surface area (Å²) in [7, 11) is 2.89. The smallest absolute Gasteiger partial charge is 0.406 e. The van der Waals surface area contributed by atoms with Gasteiger partial charge in [0.05, 0.1) is 48.8 Å². The summed E-state index contributed by atoms with van der Waals surface area (Å²) in [6, 6.07) is 10.9. The summed E-state index contributed by atoms with van der Waals surface area (Å²) in [5, 5.41) is 25.9. The molecule has 2 heterocycles. The van der Waals surface area contributed by atoms with Gasteiger partial charge in [0.25, 0.3) is 0 Å². The monoisotopic (exact) mass is 620 g/mol. The number of alkyl halides is 4. The van der Waals surface area contributed by atoms with Gasteiger partial charge in [0, 0.05) is 43.7 Å². The van der Waals surface area contributed by atoms with Crippen molar-refractivity contribution < 1.29 is 42.0 Å². The van der Waals surface area contributed by atoms with E-state index in [4.69, 9.17) is 14.6 Å². The summed E-state index contributed by atoms with van der Waals surface area (Å²) in [6.07, 6.45) is -5.75. The third kappa shape index (κ3) is 8.56. The Kier molecular flexibility index (Phi) is 11.0. The minimum absolute atomic E-state index is 0.0462. The van der Waals surface area contributed by atoms with Crippen molar-refractivity contribution in [1.82, 2.24) is 9.47 Å². The molecule has 238 valence electrons. The van der Waals surface area contributed by atoms with Gasteiger partial charge in [-0.15, -0.1) is 0 Å². The average Bonchev–Trinajstić information content (AvgIpc) is 3.31. The zero-order valence-corrected chi connectivity index (χ0v) is 24.5. The molecule has 3 aromatic rings. The molecule has 1 aliphatic rings. The number of hydrogen-bond donors (Lipinski definition) is 4. The van der Waals surface area contributed by atoms with Crippen LogP contribution < -0.4 is 15.4 Å². The number of benzene rings is 2. The number of carboxylic acid groups (broad SMARTS) is 1. The number of aromatic nitrogens is 1. The maximum Gasteiger partial charge on any atom is 0.406 e. The third-order valence-electron chi connectivity index (χ3n) is 7.46. The number of β-amino-alcohol motifs (C(OH)–C–C–N with tert-alkyl or cyclic N) is 1. The first-order valence-electron chi connectivity index (χ1n) is 14.1. The summed E-state index contributed by atoms with van der Waals surface area (Å²) in [5.41, 5.74) is 1.61. The molecule has 13 heteroatoms. The van der Waals surface area contributed by atoms with E-state index in [9.17, 15) is 23.1 Å². The fourth-order valence-corrected chi connectivity index (χ4v) is 5.33. The molecule has 0 amide bonds. The molecule has 0 radical (unpaired) electrons. The Hall–Kier alpha value is -3.99. The molecular formula is C31H36F4N4O5. The summed E-state index contributed by atoms with van der Waals surface area (Å²) in [6.45, 7) is 0.418. The van der Waals surface area contributed by atoms with Crippen molar-refractivity contribution in [2.45, 2.75) is 31.4 Å². The lowest BCUT2D eigenvalue weighted by molar-refractivity contribution is -0.140. The number of anilines is 2. The maximum absolute atomic E-state index is 15.0. The van der Waals surface area contributed by atoms with Gasteiger partial charge in [-0.05, 0) is 55.3 Å². The van der Waals surface area contributed by atoms with E-state index in [1.54, 1.807) is 24.3 Å². The molecule has 44 heavy (non-hydrogen) atoms. The van der Waals surface area contributed by atoms with Crippen molar-refractivity contribution >= 4 is 28.2 Å². The number of carboxylic acids is 1. The van der Waals surface area contributed by atoms with Gasteiger partial charge >= 0.3 is 12.1 Å². The maximum atomic E-state index is 15.0. The molecule has 0 bridgehead atoms. The standard InChI is InChI=1S/C31H36F4N4O5/c1-43-18-23(40)16-38-12-10-21(25(32)17-38)15-37-26-6-3-7-28-24(26)14-22(39(28)19-31(33,34)35)5-4-11-36-27-9-8-20(30(41)42)13-29(27)44-2/h3,6-9,13-14,21,23,25,36-37,40H,10-12,15-19H2,1-2H3,(H,41,42)/t21?,23-,25+/m1/s1. The number of rotatable bonds is 12. The number of likely N-dealkylation sites (tertiary alicyclic amines) is 1. The lowest BCUT2D eigenvalue weighted by Crippen LogP contribution is -2.47. The molecule has 0 aliphatic carbocycles. The molecule has 1 saturated heterocycles. The second-order valence-electron chi connectivity index (χ2n) is 10.7. The van der Waals surface area contributed by atoms with E-state index in [-0.39, 0.29) is 36.9 Å².